The maximum Gasteiger partial charge on any atom is 0.303 e. The van der Waals surface area contributed by atoms with E-state index in [0.717, 1.165) is 11.3 Å². The summed E-state index contributed by atoms with van der Waals surface area (Å²) in [6, 6.07) is 16.9. The van der Waals surface area contributed by atoms with Crippen molar-refractivity contribution in [3.05, 3.63) is 60.2 Å². The van der Waals surface area contributed by atoms with Crippen LogP contribution >= 0.6 is 0 Å². The number of rotatable bonds is 10. The number of amides is 1. The molecule has 0 heterocycles. The van der Waals surface area contributed by atoms with Crippen LogP contribution in [-0.2, 0) is 16.1 Å². The third-order valence-corrected chi connectivity index (χ3v) is 3.37. The highest BCUT2D eigenvalue weighted by Crippen LogP contribution is 2.18. The number of carbonyl (C=O) groups excluding carboxylic acids is 1. The van der Waals surface area contributed by atoms with Crippen molar-refractivity contribution >= 4 is 11.9 Å². The van der Waals surface area contributed by atoms with Crippen LogP contribution in [0.3, 0.4) is 0 Å². The second-order valence-electron chi connectivity index (χ2n) is 5.29. The van der Waals surface area contributed by atoms with E-state index in [0.29, 0.717) is 19.0 Å². The van der Waals surface area contributed by atoms with E-state index in [2.05, 4.69) is 5.32 Å². The number of hydrogen-bond acceptors (Lipinski definition) is 4. The molecule has 2 N–H and O–H groups in total. The highest BCUT2D eigenvalue weighted by molar-refractivity contribution is 5.80. The topological polar surface area (TPSA) is 84.9 Å². The highest BCUT2D eigenvalue weighted by Gasteiger charge is 2.07. The molecule has 6 heteroatoms. The molecule has 0 radical (unpaired) electrons. The van der Waals surface area contributed by atoms with Crippen molar-refractivity contribution < 1.29 is 24.2 Å². The third-order valence-electron chi connectivity index (χ3n) is 3.37. The first kappa shape index (κ1) is 18.3. The number of carboxylic acid groups (broad SMARTS) is 1. The van der Waals surface area contributed by atoms with E-state index in [9.17, 15) is 9.59 Å². The summed E-state index contributed by atoms with van der Waals surface area (Å²) in [6.45, 7) is 1.07. The number of nitrogens with one attached hydrogen (secondary N) is 1. The summed E-state index contributed by atoms with van der Waals surface area (Å²) in [7, 11) is 0. The first-order valence-corrected chi connectivity index (χ1v) is 8.02. The van der Waals surface area contributed by atoms with Gasteiger partial charge in [-0.2, -0.15) is 0 Å². The molecule has 0 fully saturated rings. The minimum atomic E-state index is -0.989. The lowest BCUT2D eigenvalue weighted by molar-refractivity contribution is -0.138. The highest BCUT2D eigenvalue weighted by atomic mass is 16.5. The zero-order valence-electron chi connectivity index (χ0n) is 13.8. The third kappa shape index (κ3) is 6.95. The van der Waals surface area contributed by atoms with Crippen molar-refractivity contribution in [2.75, 3.05) is 13.2 Å². The molecule has 0 aliphatic heterocycles. The van der Waals surface area contributed by atoms with Gasteiger partial charge in [-0.25, -0.2) is 0 Å². The van der Waals surface area contributed by atoms with Crippen molar-refractivity contribution in [2.24, 2.45) is 0 Å². The lowest BCUT2D eigenvalue weighted by atomic mass is 10.2. The molecule has 2 rings (SSSR count). The summed E-state index contributed by atoms with van der Waals surface area (Å²) in [4.78, 5) is 22.1. The summed E-state index contributed by atoms with van der Waals surface area (Å²) in [5.74, 6) is 0.157. The average Bonchev–Trinajstić information content (AvgIpc) is 2.63. The fraction of sp³-hybridized carbons (Fsp3) is 0.263. The second kappa shape index (κ2) is 9.97. The molecule has 1 amide bonds. The predicted molar refractivity (Wildman–Crippen MR) is 92.6 cm³/mol. The zero-order valence-corrected chi connectivity index (χ0v) is 13.8. The van der Waals surface area contributed by atoms with Crippen LogP contribution in [0.5, 0.6) is 11.5 Å². The van der Waals surface area contributed by atoms with E-state index in [4.69, 9.17) is 14.6 Å². The van der Waals surface area contributed by atoms with Gasteiger partial charge in [-0.1, -0.05) is 36.4 Å². The fourth-order valence-corrected chi connectivity index (χ4v) is 2.12. The molecule has 25 heavy (non-hydrogen) atoms. The van der Waals surface area contributed by atoms with Gasteiger partial charge in [0.25, 0.3) is 0 Å². The van der Waals surface area contributed by atoms with Crippen molar-refractivity contribution in [3.8, 4) is 11.5 Å². The van der Waals surface area contributed by atoms with Crippen LogP contribution in [0.2, 0.25) is 0 Å². The number of carboxylic acids is 1. The molecule has 0 bridgehead atoms. The molecule has 0 spiro atoms. The summed E-state index contributed by atoms with van der Waals surface area (Å²) in [5.41, 5.74) is 0.825. The van der Waals surface area contributed by atoms with Gasteiger partial charge >= 0.3 is 5.97 Å². The quantitative estimate of drug-likeness (QED) is 0.648. The monoisotopic (exact) mass is 343 g/mol. The summed E-state index contributed by atoms with van der Waals surface area (Å²) >= 11 is 0. The molecule has 0 aliphatic rings. The fourth-order valence-electron chi connectivity index (χ4n) is 2.12. The first-order chi connectivity index (χ1) is 12.1. The first-order valence-electron chi connectivity index (χ1n) is 8.02. The van der Waals surface area contributed by atoms with Crippen molar-refractivity contribution in [3.63, 3.8) is 0 Å². The maximum absolute atomic E-state index is 11.6. The molecule has 0 saturated heterocycles. The van der Waals surface area contributed by atoms with Crippen LogP contribution in [-0.4, -0.2) is 30.2 Å². The van der Waals surface area contributed by atoms with Crippen LogP contribution in [0.4, 0.5) is 0 Å². The minimum absolute atomic E-state index is 0.0384. The van der Waals surface area contributed by atoms with Gasteiger partial charge in [-0.15, -0.1) is 0 Å². The lowest BCUT2D eigenvalue weighted by Crippen LogP contribution is -2.23. The SMILES string of the molecule is O=C(O)CCC(=O)NCc1ccccc1OCCOc1ccccc1. The largest absolute Gasteiger partial charge is 0.490 e. The normalized spacial score (nSPS) is 10.1. The van der Waals surface area contributed by atoms with E-state index < -0.39 is 5.97 Å². The molecular formula is C19H21NO5. The van der Waals surface area contributed by atoms with E-state index in [1.165, 1.54) is 0 Å². The van der Waals surface area contributed by atoms with Crippen LogP contribution in [0, 0.1) is 0 Å². The molecular weight excluding hydrogens is 322 g/mol. The Bertz CT molecular complexity index is 687. The summed E-state index contributed by atoms with van der Waals surface area (Å²) < 4.78 is 11.3. The number of carbonyl (C=O) groups is 2. The van der Waals surface area contributed by atoms with Crippen LogP contribution < -0.4 is 14.8 Å². The smallest absolute Gasteiger partial charge is 0.303 e. The van der Waals surface area contributed by atoms with Crippen molar-refractivity contribution in [1.82, 2.24) is 5.32 Å². The Morgan fingerprint density at radius 1 is 0.880 bits per heavy atom. The molecule has 2 aromatic rings. The molecule has 6 nitrogen and oxygen atoms in total. The van der Waals surface area contributed by atoms with E-state index in [1.54, 1.807) is 0 Å². The summed E-state index contributed by atoms with van der Waals surface area (Å²) in [6.07, 6.45) is -0.218. The zero-order chi connectivity index (χ0) is 17.9. The average molecular weight is 343 g/mol. The van der Waals surface area contributed by atoms with E-state index in [-0.39, 0.29) is 25.3 Å². The van der Waals surface area contributed by atoms with Gasteiger partial charge in [0.15, 0.2) is 0 Å². The molecule has 0 aromatic heterocycles. The van der Waals surface area contributed by atoms with Crippen LogP contribution in [0.25, 0.3) is 0 Å². The minimum Gasteiger partial charge on any atom is -0.490 e. The number of para-hydroxylation sites is 2. The molecule has 132 valence electrons. The van der Waals surface area contributed by atoms with E-state index in [1.807, 2.05) is 54.6 Å². The molecule has 0 atom stereocenters. The van der Waals surface area contributed by atoms with Gasteiger partial charge in [0.2, 0.25) is 5.91 Å². The standard InChI is InChI=1S/C19H21NO5/c21-18(10-11-19(22)23)20-14-15-6-4-5-9-17(15)25-13-12-24-16-7-2-1-3-8-16/h1-9H,10-14H2,(H,20,21)(H,22,23). The molecule has 0 saturated carbocycles. The number of aliphatic carboxylic acids is 1. The van der Waals surface area contributed by atoms with Gasteiger partial charge in [0, 0.05) is 18.5 Å². The van der Waals surface area contributed by atoms with Crippen molar-refractivity contribution in [1.29, 1.82) is 0 Å². The number of benzene rings is 2. The van der Waals surface area contributed by atoms with Crippen LogP contribution in [0.1, 0.15) is 18.4 Å². The van der Waals surface area contributed by atoms with Gasteiger partial charge in [-0.05, 0) is 18.2 Å². The molecule has 0 unspecified atom stereocenters. The Kier molecular flexibility index (Phi) is 7.31. The van der Waals surface area contributed by atoms with Crippen LogP contribution in [0.15, 0.2) is 54.6 Å². The Hall–Kier alpha value is -3.02. The maximum atomic E-state index is 11.6. The molecule has 2 aromatic carbocycles. The Morgan fingerprint density at radius 3 is 2.32 bits per heavy atom. The number of hydrogen-bond donors (Lipinski definition) is 2. The van der Waals surface area contributed by atoms with Gasteiger partial charge in [-0.3, -0.25) is 9.59 Å². The van der Waals surface area contributed by atoms with Crippen molar-refractivity contribution in [2.45, 2.75) is 19.4 Å². The van der Waals surface area contributed by atoms with Gasteiger partial charge in [0.05, 0.1) is 6.42 Å². The predicted octanol–water partition coefficient (Wildman–Crippen LogP) is 2.63. The summed E-state index contributed by atoms with van der Waals surface area (Å²) in [5, 5.41) is 11.3. The second-order valence-corrected chi connectivity index (χ2v) is 5.29. The van der Waals surface area contributed by atoms with Gasteiger partial charge in [0.1, 0.15) is 24.7 Å². The Morgan fingerprint density at radius 2 is 1.56 bits per heavy atom. The Labute approximate surface area is 146 Å². The Balaban J connectivity index is 1.77. The van der Waals surface area contributed by atoms with E-state index >= 15 is 0 Å². The lowest BCUT2D eigenvalue weighted by Gasteiger charge is -2.12. The number of ether oxygens (including phenoxy) is 2. The van der Waals surface area contributed by atoms with Gasteiger partial charge < -0.3 is 19.9 Å². The molecule has 0 aliphatic carbocycles.